The van der Waals surface area contributed by atoms with Gasteiger partial charge in [0.15, 0.2) is 0 Å². The van der Waals surface area contributed by atoms with Crippen molar-refractivity contribution in [3.63, 3.8) is 0 Å². The lowest BCUT2D eigenvalue weighted by molar-refractivity contribution is -0.127. The molecule has 3 N–H and O–H groups in total. The number of nitrogens with two attached hydrogens (primary N) is 1. The molecule has 92 valence electrons. The van der Waals surface area contributed by atoms with Crippen LogP contribution in [0.3, 0.4) is 0 Å². The average molecular weight is 225 g/mol. The zero-order chi connectivity index (χ0) is 11.5. The van der Waals surface area contributed by atoms with Crippen molar-refractivity contribution in [1.29, 1.82) is 0 Å². The lowest BCUT2D eigenvalue weighted by Gasteiger charge is -2.24. The van der Waals surface area contributed by atoms with E-state index in [2.05, 4.69) is 12.2 Å². The Balaban J connectivity index is 1.71. The Labute approximate surface area is 97.6 Å². The molecule has 1 saturated carbocycles. The Kier molecular flexibility index (Phi) is 3.82. The molecule has 0 aromatic carbocycles. The van der Waals surface area contributed by atoms with Crippen LogP contribution in [0.15, 0.2) is 0 Å². The first-order chi connectivity index (χ1) is 7.65. The van der Waals surface area contributed by atoms with Crippen LogP contribution in [0.2, 0.25) is 0 Å². The normalized spacial score (nSPS) is 32.4. The van der Waals surface area contributed by atoms with Crippen molar-refractivity contribution in [2.75, 3.05) is 13.1 Å². The highest BCUT2D eigenvalue weighted by atomic mass is 16.2. The van der Waals surface area contributed by atoms with E-state index >= 15 is 0 Å². The number of carbonyl (C=O) groups excluding carboxylic acids is 1. The van der Waals surface area contributed by atoms with E-state index < -0.39 is 0 Å². The molecule has 2 aliphatic rings. The van der Waals surface area contributed by atoms with E-state index in [4.69, 9.17) is 5.73 Å². The number of amides is 1. The zero-order valence-corrected chi connectivity index (χ0v) is 10.1. The topological polar surface area (TPSA) is 58.4 Å². The average Bonchev–Trinajstić information content (AvgIpc) is 2.77. The molecule has 0 spiro atoms. The summed E-state index contributed by atoms with van der Waals surface area (Å²) in [6.07, 6.45) is 5.16. The van der Waals surface area contributed by atoms with Crippen LogP contribution in [0.25, 0.3) is 0 Å². The van der Waals surface area contributed by atoms with Gasteiger partial charge in [-0.2, -0.15) is 0 Å². The number of carbonyl (C=O) groups is 1. The molecule has 0 bridgehead atoms. The minimum absolute atomic E-state index is 0.316. The van der Waals surface area contributed by atoms with Gasteiger partial charge in [-0.15, -0.1) is 0 Å². The molecule has 2 fully saturated rings. The van der Waals surface area contributed by atoms with E-state index in [1.54, 1.807) is 0 Å². The number of likely N-dealkylation sites (tertiary alicyclic amines) is 1. The Hall–Kier alpha value is -0.610. The van der Waals surface area contributed by atoms with Gasteiger partial charge >= 0.3 is 0 Å². The first kappa shape index (κ1) is 11.9. The Morgan fingerprint density at radius 1 is 1.56 bits per heavy atom. The Bertz CT molecular complexity index is 257. The zero-order valence-electron chi connectivity index (χ0n) is 10.1. The maximum atomic E-state index is 11.5. The van der Waals surface area contributed by atoms with E-state index in [0.717, 1.165) is 38.8 Å². The van der Waals surface area contributed by atoms with Gasteiger partial charge in [0.2, 0.25) is 5.91 Å². The smallest absolute Gasteiger partial charge is 0.222 e. The molecule has 4 nitrogen and oxygen atoms in total. The fourth-order valence-electron chi connectivity index (χ4n) is 2.85. The number of hydrogen-bond acceptors (Lipinski definition) is 3. The summed E-state index contributed by atoms with van der Waals surface area (Å²) in [5, 5.41) is 3.58. The lowest BCUT2D eigenvalue weighted by atomic mass is 10.2. The molecule has 0 aromatic rings. The maximum absolute atomic E-state index is 11.5. The largest absolute Gasteiger partial charge is 0.341 e. The molecule has 1 heterocycles. The van der Waals surface area contributed by atoms with E-state index in [1.165, 1.54) is 6.42 Å². The second-order valence-electron chi connectivity index (χ2n) is 5.28. The maximum Gasteiger partial charge on any atom is 0.222 e. The minimum Gasteiger partial charge on any atom is -0.341 e. The van der Waals surface area contributed by atoms with Crippen molar-refractivity contribution in [3.8, 4) is 0 Å². The van der Waals surface area contributed by atoms with Crippen molar-refractivity contribution < 1.29 is 4.79 Å². The standard InChI is InChI=1S/C12H23N3O/c1-9(8-15-6-2-3-12(15)16)14-11-5-4-10(13)7-11/h9-11,14H,2-8,13H2,1H3. The van der Waals surface area contributed by atoms with E-state index in [0.29, 0.717) is 24.0 Å². The summed E-state index contributed by atoms with van der Waals surface area (Å²) in [5.41, 5.74) is 5.88. The number of hydrogen-bond donors (Lipinski definition) is 2. The Morgan fingerprint density at radius 3 is 2.94 bits per heavy atom. The summed E-state index contributed by atoms with van der Waals surface area (Å²) < 4.78 is 0. The van der Waals surface area contributed by atoms with Crippen LogP contribution in [-0.2, 0) is 4.79 Å². The summed E-state index contributed by atoms with van der Waals surface area (Å²) in [5.74, 6) is 0.316. The van der Waals surface area contributed by atoms with Gasteiger partial charge in [0.25, 0.3) is 0 Å². The molecule has 1 aliphatic carbocycles. The first-order valence-electron chi connectivity index (χ1n) is 6.44. The van der Waals surface area contributed by atoms with Gasteiger partial charge in [-0.1, -0.05) is 0 Å². The molecular formula is C12H23N3O. The molecule has 0 radical (unpaired) electrons. The predicted octanol–water partition coefficient (Wildman–Crippen LogP) is 0.467. The van der Waals surface area contributed by atoms with Crippen LogP contribution in [0.5, 0.6) is 0 Å². The highest BCUT2D eigenvalue weighted by molar-refractivity contribution is 5.78. The molecule has 1 saturated heterocycles. The van der Waals surface area contributed by atoms with E-state index in [-0.39, 0.29) is 0 Å². The third kappa shape index (κ3) is 2.95. The van der Waals surface area contributed by atoms with Gasteiger partial charge in [-0.05, 0) is 32.6 Å². The van der Waals surface area contributed by atoms with Crippen molar-refractivity contribution in [1.82, 2.24) is 10.2 Å². The van der Waals surface area contributed by atoms with Crippen molar-refractivity contribution in [2.45, 2.75) is 57.2 Å². The molecule has 16 heavy (non-hydrogen) atoms. The van der Waals surface area contributed by atoms with Crippen LogP contribution in [0.4, 0.5) is 0 Å². The molecule has 0 aromatic heterocycles. The van der Waals surface area contributed by atoms with Crippen LogP contribution in [-0.4, -0.2) is 42.0 Å². The second kappa shape index (κ2) is 5.15. The molecule has 4 heteroatoms. The van der Waals surface area contributed by atoms with Crippen LogP contribution in [0, 0.1) is 0 Å². The van der Waals surface area contributed by atoms with Crippen LogP contribution >= 0.6 is 0 Å². The summed E-state index contributed by atoms with van der Waals surface area (Å²) in [4.78, 5) is 13.5. The summed E-state index contributed by atoms with van der Waals surface area (Å²) in [7, 11) is 0. The van der Waals surface area contributed by atoms with Gasteiger partial charge in [-0.25, -0.2) is 0 Å². The van der Waals surface area contributed by atoms with Crippen molar-refractivity contribution in [3.05, 3.63) is 0 Å². The fourth-order valence-corrected chi connectivity index (χ4v) is 2.85. The molecular weight excluding hydrogens is 202 g/mol. The third-order valence-electron chi connectivity index (χ3n) is 3.66. The van der Waals surface area contributed by atoms with Crippen LogP contribution < -0.4 is 11.1 Å². The number of rotatable bonds is 4. The van der Waals surface area contributed by atoms with Crippen molar-refractivity contribution >= 4 is 5.91 Å². The van der Waals surface area contributed by atoms with Gasteiger partial charge in [-0.3, -0.25) is 4.79 Å². The second-order valence-corrected chi connectivity index (χ2v) is 5.28. The van der Waals surface area contributed by atoms with Gasteiger partial charge in [0.1, 0.15) is 0 Å². The molecule has 1 amide bonds. The fraction of sp³-hybridized carbons (Fsp3) is 0.917. The quantitative estimate of drug-likeness (QED) is 0.731. The highest BCUT2D eigenvalue weighted by Gasteiger charge is 2.25. The van der Waals surface area contributed by atoms with Gasteiger partial charge in [0, 0.05) is 37.6 Å². The third-order valence-corrected chi connectivity index (χ3v) is 3.66. The van der Waals surface area contributed by atoms with Gasteiger partial charge in [0.05, 0.1) is 0 Å². The summed E-state index contributed by atoms with van der Waals surface area (Å²) in [6, 6.07) is 1.32. The summed E-state index contributed by atoms with van der Waals surface area (Å²) >= 11 is 0. The summed E-state index contributed by atoms with van der Waals surface area (Å²) in [6.45, 7) is 3.95. The first-order valence-corrected chi connectivity index (χ1v) is 6.44. The van der Waals surface area contributed by atoms with Gasteiger partial charge < -0.3 is 16.0 Å². The van der Waals surface area contributed by atoms with E-state index in [1.807, 2.05) is 4.90 Å². The number of nitrogens with one attached hydrogen (secondary N) is 1. The lowest BCUT2D eigenvalue weighted by Crippen LogP contribution is -2.43. The minimum atomic E-state index is 0.316. The Morgan fingerprint density at radius 2 is 2.38 bits per heavy atom. The highest BCUT2D eigenvalue weighted by Crippen LogP contribution is 2.18. The SMILES string of the molecule is CC(CN1CCCC1=O)NC1CCC(N)C1. The van der Waals surface area contributed by atoms with E-state index in [9.17, 15) is 4.79 Å². The van der Waals surface area contributed by atoms with Crippen LogP contribution in [0.1, 0.15) is 39.0 Å². The molecule has 3 atom stereocenters. The van der Waals surface area contributed by atoms with Crippen molar-refractivity contribution in [2.24, 2.45) is 5.73 Å². The predicted molar refractivity (Wildman–Crippen MR) is 64.0 cm³/mol. The molecule has 3 unspecified atom stereocenters. The molecule has 2 rings (SSSR count). The molecule has 1 aliphatic heterocycles. The monoisotopic (exact) mass is 225 g/mol. The number of nitrogens with zero attached hydrogens (tertiary/aromatic N) is 1.